The maximum Gasteiger partial charge on any atom is 0.292 e. The monoisotopic (exact) mass is 613 g/mol. The van der Waals surface area contributed by atoms with Crippen LogP contribution in [-0.4, -0.2) is 62.5 Å². The topological polar surface area (TPSA) is 159 Å². The first kappa shape index (κ1) is 27.2. The van der Waals surface area contributed by atoms with Gasteiger partial charge in [0.1, 0.15) is 29.6 Å². The lowest BCUT2D eigenvalue weighted by molar-refractivity contribution is 0.0945. The van der Waals surface area contributed by atoms with Crippen LogP contribution in [0.2, 0.25) is 0 Å². The van der Waals surface area contributed by atoms with Gasteiger partial charge in [-0.3, -0.25) is 9.69 Å². The van der Waals surface area contributed by atoms with Crippen molar-refractivity contribution in [2.75, 3.05) is 25.9 Å². The molecule has 0 atom stereocenters. The van der Waals surface area contributed by atoms with Crippen LogP contribution in [0.1, 0.15) is 40.2 Å². The molecule has 0 unspecified atom stereocenters. The number of benzene rings is 2. The molecule has 13 nitrogen and oxygen atoms in total. The number of carbonyl (C=O) groups is 1. The second-order valence-corrected chi connectivity index (χ2v) is 9.74. The predicted octanol–water partition coefficient (Wildman–Crippen LogP) is 3.08. The highest BCUT2D eigenvalue weighted by Crippen LogP contribution is 2.32. The summed E-state index contributed by atoms with van der Waals surface area (Å²) in [6.45, 7) is 2.47. The summed E-state index contributed by atoms with van der Waals surface area (Å²) in [6.07, 6.45) is 3.59. The highest BCUT2D eigenvalue weighted by Gasteiger charge is 2.27. The van der Waals surface area contributed by atoms with Crippen molar-refractivity contribution in [2.24, 2.45) is 5.10 Å². The molecule has 1 aliphatic heterocycles. The first-order valence-corrected chi connectivity index (χ1v) is 13.1. The number of nitrogens with one attached hydrogen (secondary N) is 1. The molecule has 5 rings (SSSR count). The van der Waals surface area contributed by atoms with Crippen LogP contribution in [0.4, 0.5) is 10.2 Å². The number of anilines is 1. The number of rotatable bonds is 10. The molecule has 0 spiro atoms. The van der Waals surface area contributed by atoms with E-state index in [-0.39, 0.29) is 29.8 Å². The molecule has 2 aromatic heterocycles. The number of halogens is 2. The lowest BCUT2D eigenvalue weighted by Gasteiger charge is -2.13. The van der Waals surface area contributed by atoms with Crippen LogP contribution in [-0.2, 0) is 13.2 Å². The molecule has 40 heavy (non-hydrogen) atoms. The van der Waals surface area contributed by atoms with Crippen LogP contribution in [0.5, 0.6) is 11.5 Å². The van der Waals surface area contributed by atoms with E-state index in [1.54, 1.807) is 24.3 Å². The van der Waals surface area contributed by atoms with Gasteiger partial charge < -0.3 is 15.2 Å². The first-order valence-electron chi connectivity index (χ1n) is 12.3. The van der Waals surface area contributed by atoms with Crippen LogP contribution < -0.4 is 20.6 Å². The Hall–Kier alpha value is -4.37. The second-order valence-electron chi connectivity index (χ2n) is 8.89. The molecule has 2 aromatic carbocycles. The summed E-state index contributed by atoms with van der Waals surface area (Å²) in [4.78, 5) is 15.5. The van der Waals surface area contributed by atoms with Crippen molar-refractivity contribution in [2.45, 2.75) is 26.0 Å². The van der Waals surface area contributed by atoms with Crippen LogP contribution in [0.15, 0.2) is 50.6 Å². The molecule has 4 aromatic rings. The summed E-state index contributed by atoms with van der Waals surface area (Å²) < 4.78 is 31.0. The van der Waals surface area contributed by atoms with Crippen LogP contribution in [0, 0.1) is 5.82 Å². The van der Waals surface area contributed by atoms with Crippen molar-refractivity contribution in [3.8, 4) is 17.3 Å². The zero-order valence-electron chi connectivity index (χ0n) is 21.4. The Morgan fingerprint density at radius 1 is 1.25 bits per heavy atom. The van der Waals surface area contributed by atoms with Crippen molar-refractivity contribution < 1.29 is 23.3 Å². The van der Waals surface area contributed by atoms with Crippen LogP contribution >= 0.6 is 15.9 Å². The maximum absolute atomic E-state index is 13.3. The van der Waals surface area contributed by atoms with Gasteiger partial charge in [0.05, 0.1) is 18.9 Å². The number of likely N-dealkylation sites (tertiary alicyclic amines) is 1. The van der Waals surface area contributed by atoms with Gasteiger partial charge in [-0.2, -0.15) is 9.78 Å². The third-order valence-corrected chi connectivity index (χ3v) is 6.84. The zero-order chi connectivity index (χ0) is 28.1. The SMILES string of the molecule is COc1cc(OCc2ccc(F)cc2)cc(Br)c1C=NNC(=O)c1c(CN2CCCC2)nnn1-c1nonc1N. The molecular weight excluding hydrogens is 589 g/mol. The summed E-state index contributed by atoms with van der Waals surface area (Å²) in [5.41, 5.74) is 10.3. The quantitative estimate of drug-likeness (QED) is 0.201. The molecule has 0 aliphatic carbocycles. The number of hydrogen-bond acceptors (Lipinski definition) is 11. The van der Waals surface area contributed by atoms with E-state index in [4.69, 9.17) is 15.2 Å². The number of ether oxygens (including phenoxy) is 2. The molecule has 1 amide bonds. The standard InChI is InChI=1S/C25H25BrFN9O4/c1-38-21-11-17(39-14-15-4-6-16(27)7-5-15)10-19(26)18(21)12-29-31-25(37)22-20(13-35-8-2-3-9-35)30-34-36(22)24-23(28)32-40-33-24/h4-7,10-12H,2-3,8-9,13-14H2,1H3,(H2,28,32)(H,31,37). The van der Waals surface area contributed by atoms with E-state index < -0.39 is 5.91 Å². The Labute approximate surface area is 236 Å². The molecule has 1 aliphatic rings. The van der Waals surface area contributed by atoms with Crippen LogP contribution in [0.25, 0.3) is 5.82 Å². The number of methoxy groups -OCH3 is 1. The zero-order valence-corrected chi connectivity index (χ0v) is 23.0. The van der Waals surface area contributed by atoms with E-state index in [0.29, 0.717) is 33.8 Å². The van der Waals surface area contributed by atoms with Crippen molar-refractivity contribution in [3.05, 3.63) is 69.2 Å². The number of nitrogen functional groups attached to an aromatic ring is 1. The fourth-order valence-corrected chi connectivity index (χ4v) is 4.71. The van der Waals surface area contributed by atoms with Gasteiger partial charge in [0.2, 0.25) is 11.6 Å². The number of nitrogens with zero attached hydrogens (tertiary/aromatic N) is 7. The Morgan fingerprint density at radius 2 is 2.02 bits per heavy atom. The summed E-state index contributed by atoms with van der Waals surface area (Å²) >= 11 is 3.50. The van der Waals surface area contributed by atoms with Crippen molar-refractivity contribution in [1.29, 1.82) is 0 Å². The number of amides is 1. The van der Waals surface area contributed by atoms with Gasteiger partial charge in [-0.15, -0.1) is 5.10 Å². The highest BCUT2D eigenvalue weighted by molar-refractivity contribution is 9.10. The van der Waals surface area contributed by atoms with Crippen molar-refractivity contribution >= 4 is 33.9 Å². The molecule has 0 saturated carbocycles. The summed E-state index contributed by atoms with van der Waals surface area (Å²) in [6, 6.07) is 9.47. The number of carbonyl (C=O) groups excluding carboxylic acids is 1. The minimum absolute atomic E-state index is 0.0365. The van der Waals surface area contributed by atoms with Crippen LogP contribution in [0.3, 0.4) is 0 Å². The van der Waals surface area contributed by atoms with Crippen molar-refractivity contribution in [3.63, 3.8) is 0 Å². The van der Waals surface area contributed by atoms with Gasteiger partial charge in [0, 0.05) is 17.1 Å². The summed E-state index contributed by atoms with van der Waals surface area (Å²) in [5.74, 6) is 0.0957. The molecule has 0 bridgehead atoms. The predicted molar refractivity (Wildman–Crippen MR) is 145 cm³/mol. The fraction of sp³-hybridized carbons (Fsp3) is 0.280. The van der Waals surface area contributed by atoms with Gasteiger partial charge in [-0.05, 0) is 75.9 Å². The molecular formula is C25H25BrFN9O4. The largest absolute Gasteiger partial charge is 0.496 e. The number of hydrazone groups is 1. The lowest BCUT2D eigenvalue weighted by Crippen LogP contribution is -2.26. The minimum Gasteiger partial charge on any atom is -0.496 e. The van der Waals surface area contributed by atoms with E-state index in [0.717, 1.165) is 31.5 Å². The molecule has 3 heterocycles. The molecule has 15 heteroatoms. The Kier molecular flexibility index (Phi) is 8.31. The summed E-state index contributed by atoms with van der Waals surface area (Å²) in [7, 11) is 1.51. The number of nitrogens with two attached hydrogens (primary N) is 1. The first-order chi connectivity index (χ1) is 19.4. The van der Waals surface area contributed by atoms with Crippen molar-refractivity contribution in [1.82, 2.24) is 35.6 Å². The fourth-order valence-electron chi connectivity index (χ4n) is 4.19. The normalized spacial score (nSPS) is 13.7. The average Bonchev–Trinajstić information content (AvgIpc) is 3.71. The van der Waals surface area contributed by atoms with E-state index in [1.807, 2.05) is 0 Å². The average molecular weight is 614 g/mol. The molecule has 208 valence electrons. The lowest BCUT2D eigenvalue weighted by atomic mass is 10.2. The Bertz CT molecular complexity index is 1520. The van der Waals surface area contributed by atoms with Gasteiger partial charge >= 0.3 is 0 Å². The van der Waals surface area contributed by atoms with E-state index in [9.17, 15) is 9.18 Å². The maximum atomic E-state index is 13.3. The smallest absolute Gasteiger partial charge is 0.292 e. The Morgan fingerprint density at radius 3 is 2.73 bits per heavy atom. The molecule has 1 saturated heterocycles. The minimum atomic E-state index is -0.577. The number of hydrogen-bond donors (Lipinski definition) is 2. The molecule has 0 radical (unpaired) electrons. The van der Waals surface area contributed by atoms with E-state index >= 15 is 0 Å². The molecule has 3 N–H and O–H groups in total. The van der Waals surface area contributed by atoms with E-state index in [1.165, 1.54) is 30.1 Å². The van der Waals surface area contributed by atoms with Gasteiger partial charge in [-0.1, -0.05) is 17.3 Å². The van der Waals surface area contributed by atoms with Gasteiger partial charge in [-0.25, -0.2) is 14.4 Å². The van der Waals surface area contributed by atoms with Gasteiger partial charge in [0.25, 0.3) is 5.91 Å². The third kappa shape index (κ3) is 6.10. The summed E-state index contributed by atoms with van der Waals surface area (Å²) in [5, 5.41) is 19.7. The number of aromatic nitrogens is 5. The highest BCUT2D eigenvalue weighted by atomic mass is 79.9. The van der Waals surface area contributed by atoms with Gasteiger partial charge in [0.15, 0.2) is 5.69 Å². The van der Waals surface area contributed by atoms with E-state index in [2.05, 4.69) is 56.6 Å². The third-order valence-electron chi connectivity index (χ3n) is 6.19. The molecule has 1 fully saturated rings. The second kappa shape index (κ2) is 12.2. The Balaban J connectivity index is 1.33.